The Labute approximate surface area is 364 Å². The van der Waals surface area contributed by atoms with Gasteiger partial charge in [-0.25, -0.2) is 22.5 Å². The van der Waals surface area contributed by atoms with Crippen LogP contribution in [0.1, 0.15) is 109 Å². The van der Waals surface area contributed by atoms with E-state index < -0.39 is 91.6 Å². The van der Waals surface area contributed by atoms with Crippen LogP contribution in [0.2, 0.25) is 0 Å². The van der Waals surface area contributed by atoms with E-state index in [1.165, 1.54) is 11.0 Å². The highest BCUT2D eigenvalue weighted by Gasteiger charge is 2.83. The minimum atomic E-state index is -4.93. The van der Waals surface area contributed by atoms with Crippen molar-refractivity contribution in [3.63, 3.8) is 0 Å². The third kappa shape index (κ3) is 7.88. The van der Waals surface area contributed by atoms with Gasteiger partial charge in [-0.1, -0.05) is 38.8 Å². The minimum absolute atomic E-state index is 0.0231. The molecule has 15 nitrogen and oxygen atoms in total. The Kier molecular flexibility index (Phi) is 10.9. The van der Waals surface area contributed by atoms with E-state index in [1.54, 1.807) is 19.1 Å². The summed E-state index contributed by atoms with van der Waals surface area (Å²) in [6.07, 6.45) is 2.37. The molecule has 1 aromatic heterocycles. The van der Waals surface area contributed by atoms with Gasteiger partial charge in [0, 0.05) is 23.3 Å². The Hall–Kier alpha value is -4.65. The molecule has 0 bridgehead atoms. The molecule has 2 aliphatic carbocycles. The number of aromatic nitrogens is 1. The number of allylic oxidation sites excluding steroid dienone is 1. The number of alkyl halides is 3. The van der Waals surface area contributed by atoms with Crippen molar-refractivity contribution >= 4 is 44.7 Å². The van der Waals surface area contributed by atoms with Gasteiger partial charge >= 0.3 is 12.3 Å². The molecule has 6 heterocycles. The zero-order chi connectivity index (χ0) is 44.7. The van der Waals surface area contributed by atoms with Crippen LogP contribution in [0.3, 0.4) is 0 Å². The predicted octanol–water partition coefficient (Wildman–Crippen LogP) is 5.25. The summed E-state index contributed by atoms with van der Waals surface area (Å²) in [6, 6.07) is 2.27. The molecule has 5 fully saturated rings. The number of nitrogens with zero attached hydrogens (tertiary/aromatic N) is 3. The molecule has 2 aromatic rings. The molecule has 0 unspecified atom stereocenters. The van der Waals surface area contributed by atoms with Crippen LogP contribution in [-0.2, 0) is 41.7 Å². The lowest BCUT2D eigenvalue weighted by Crippen LogP contribution is -2.57. The van der Waals surface area contributed by atoms with Crippen molar-refractivity contribution in [1.29, 1.82) is 0 Å². The molecule has 2 spiro atoms. The number of benzene rings is 1. The van der Waals surface area contributed by atoms with Crippen molar-refractivity contribution in [3.05, 3.63) is 41.6 Å². The molecule has 2 saturated carbocycles. The number of ether oxygens (including phenoxy) is 3. The Bertz CT molecular complexity index is 2350. The summed E-state index contributed by atoms with van der Waals surface area (Å²) in [7, 11) is -3.86. The molecular weight excluding hydrogens is 846 g/mol. The molecule has 4 amide bonds. The van der Waals surface area contributed by atoms with Crippen molar-refractivity contribution in [2.24, 2.45) is 11.8 Å². The lowest BCUT2D eigenvalue weighted by molar-refractivity contribution is -0.144. The molecule has 5 aliphatic heterocycles. The first kappa shape index (κ1) is 43.6. The maximum absolute atomic E-state index is 15.0. The van der Waals surface area contributed by atoms with Crippen molar-refractivity contribution in [2.45, 2.75) is 151 Å². The zero-order valence-corrected chi connectivity index (χ0v) is 36.5. The summed E-state index contributed by atoms with van der Waals surface area (Å²) in [5.74, 6) is -2.71. The van der Waals surface area contributed by atoms with Crippen LogP contribution >= 0.6 is 0 Å². The van der Waals surface area contributed by atoms with Crippen LogP contribution in [0.25, 0.3) is 10.9 Å². The molecule has 63 heavy (non-hydrogen) atoms. The second kappa shape index (κ2) is 15.8. The number of pyridine rings is 1. The molecule has 0 radical (unpaired) electrons. The number of fused-ring (bicyclic) bond motifs is 5. The Morgan fingerprint density at radius 1 is 1.03 bits per heavy atom. The van der Waals surface area contributed by atoms with Gasteiger partial charge in [0.05, 0.1) is 12.1 Å². The number of carbonyl (C=O) groups is 4. The van der Waals surface area contributed by atoms with Gasteiger partial charge in [0.15, 0.2) is 16.3 Å². The van der Waals surface area contributed by atoms with E-state index in [4.69, 9.17) is 14.2 Å². The van der Waals surface area contributed by atoms with Crippen LogP contribution < -0.4 is 25.4 Å². The summed E-state index contributed by atoms with van der Waals surface area (Å²) in [5, 5.41) is 9.31. The normalized spacial score (nSPS) is 31.1. The van der Waals surface area contributed by atoms with Crippen LogP contribution in [0.4, 0.5) is 18.0 Å². The second-order valence-electron chi connectivity index (χ2n) is 18.9. The highest BCUT2D eigenvalue weighted by atomic mass is 32.2. The Morgan fingerprint density at radius 3 is 2.49 bits per heavy atom. The second-order valence-corrected chi connectivity index (χ2v) is 21.0. The number of halogens is 3. The van der Waals surface area contributed by atoms with Crippen molar-refractivity contribution in [3.8, 4) is 11.5 Å². The molecule has 19 heteroatoms. The first-order chi connectivity index (χ1) is 29.9. The van der Waals surface area contributed by atoms with Gasteiger partial charge in [0.25, 0.3) is 15.9 Å². The van der Waals surface area contributed by atoms with Gasteiger partial charge in [-0.2, -0.15) is 13.2 Å². The van der Waals surface area contributed by atoms with Gasteiger partial charge in [-0.3, -0.25) is 14.4 Å². The molecule has 9 rings (SSSR count). The average Bonchev–Trinajstić information content (AvgIpc) is 4.18. The van der Waals surface area contributed by atoms with Crippen molar-refractivity contribution in [2.75, 3.05) is 19.6 Å². The number of piperidine rings is 1. The number of nitrogens with one attached hydrogen (secondary N) is 3. The first-order valence-corrected chi connectivity index (χ1v) is 23.8. The summed E-state index contributed by atoms with van der Waals surface area (Å²) in [4.78, 5) is 61.2. The molecular formula is C44H55F3N6O9S. The lowest BCUT2D eigenvalue weighted by Gasteiger charge is -2.37. The van der Waals surface area contributed by atoms with E-state index in [0.29, 0.717) is 49.7 Å². The molecule has 342 valence electrons. The third-order valence-electron chi connectivity index (χ3n) is 14.2. The average molecular weight is 901 g/mol. The lowest BCUT2D eigenvalue weighted by atomic mass is 9.87. The van der Waals surface area contributed by atoms with E-state index in [2.05, 4.69) is 20.9 Å². The number of amides is 4. The monoisotopic (exact) mass is 900 g/mol. The Morgan fingerprint density at radius 2 is 1.79 bits per heavy atom. The summed E-state index contributed by atoms with van der Waals surface area (Å²) in [5.41, 5.74) is -3.96. The van der Waals surface area contributed by atoms with Crippen molar-refractivity contribution < 1.29 is 55.0 Å². The summed E-state index contributed by atoms with van der Waals surface area (Å²) in [6.45, 7) is 6.74. The van der Waals surface area contributed by atoms with Crippen LogP contribution in [0, 0.1) is 11.8 Å². The Balaban J connectivity index is 1.07. The third-order valence-corrected chi connectivity index (χ3v) is 16.6. The van der Waals surface area contributed by atoms with E-state index in [9.17, 15) is 40.8 Å². The smallest absolute Gasteiger partial charge is 0.437 e. The van der Waals surface area contributed by atoms with Crippen LogP contribution in [0.5, 0.6) is 11.5 Å². The van der Waals surface area contributed by atoms with E-state index in [-0.39, 0.29) is 61.8 Å². The zero-order valence-electron chi connectivity index (χ0n) is 35.7. The van der Waals surface area contributed by atoms with Gasteiger partial charge in [-0.05, 0) is 108 Å². The molecule has 6 atom stereocenters. The largest absolute Gasteiger partial charge is 0.490 e. The molecule has 7 aliphatic rings. The summed E-state index contributed by atoms with van der Waals surface area (Å²) < 4.78 is 90.2. The molecule has 3 N–H and O–H groups in total. The number of sulfonamides is 1. The number of hydrogen-bond acceptors (Lipinski definition) is 11. The van der Waals surface area contributed by atoms with Crippen molar-refractivity contribution in [1.82, 2.24) is 30.1 Å². The fraction of sp³-hybridized carbons (Fsp3) is 0.659. The number of carbonyl (C=O) groups excluding carboxylic acids is 4. The van der Waals surface area contributed by atoms with E-state index in [0.717, 1.165) is 30.2 Å². The standard InChI is InChI=1S/C44H55F3N6O9S/c1-25(2)26(3)60-40(57)50-33-10-8-6-4-5-7-9-27-22-43(27,39(56)53-42(17-18-42)63(53,58)59)51-37(54)34-23-41(24-52(34)38(33)55)16-13-30-31-21-29(61-28-14-19-48-20-15-28)11-12-32(31)49-36(35(30)62-41)44(45,46)47/h7,9,11-12,21,25-28,33-34,48H,4-6,8,10,13-20,22-24H2,1-3H3,(H,50,57)(H,51,54)/b9-7-/t26-,27+,33-,34-,41+,43+,53?/m0/s1. The fourth-order valence-corrected chi connectivity index (χ4v) is 12.0. The number of alkyl carbamates (subject to hydrolysis) is 1. The minimum Gasteiger partial charge on any atom is -0.490 e. The maximum Gasteiger partial charge on any atom is 0.437 e. The van der Waals surface area contributed by atoms with Gasteiger partial charge < -0.3 is 35.1 Å². The quantitative estimate of drug-likeness (QED) is 0.254. The summed E-state index contributed by atoms with van der Waals surface area (Å²) >= 11 is 0. The van der Waals surface area contributed by atoms with Gasteiger partial charge in [0.2, 0.25) is 11.8 Å². The predicted molar refractivity (Wildman–Crippen MR) is 222 cm³/mol. The fourth-order valence-electron chi connectivity index (χ4n) is 9.93. The molecule has 3 saturated heterocycles. The topological polar surface area (TPSA) is 185 Å². The van der Waals surface area contributed by atoms with Crippen LogP contribution in [-0.4, -0.2) is 106 Å². The van der Waals surface area contributed by atoms with E-state index in [1.807, 2.05) is 26.0 Å². The first-order valence-electron chi connectivity index (χ1n) is 22.3. The molecule has 1 aromatic carbocycles. The van der Waals surface area contributed by atoms with Crippen LogP contribution in [0.15, 0.2) is 30.4 Å². The van der Waals surface area contributed by atoms with Gasteiger partial charge in [0.1, 0.15) is 41.2 Å². The highest BCUT2D eigenvalue weighted by Crippen LogP contribution is 2.64. The number of rotatable bonds is 6. The number of aryl methyl sites for hydroxylation is 1. The maximum atomic E-state index is 15.0. The van der Waals surface area contributed by atoms with Gasteiger partial charge in [-0.15, -0.1) is 0 Å². The highest BCUT2D eigenvalue weighted by molar-refractivity contribution is 7.98. The SMILES string of the molecule is CC(C)[C@H](C)OC(=O)N[C@H]1CCCCC/C=C\[C@@H]2C[C@@]2(C(=O)N2C3(CC3)S2(=O)=O)NC(=O)[C@@H]2C[C@]3(CCc4c(c(C(F)(F)F)nc5ccc(OC6CCNCC6)cc45)O3)CN2C1=O. The number of hydrogen-bond donors (Lipinski definition) is 3. The van der Waals surface area contributed by atoms with E-state index >= 15 is 0 Å².